The zero-order chi connectivity index (χ0) is 14.7. The van der Waals surface area contributed by atoms with Crippen molar-refractivity contribution in [1.82, 2.24) is 0 Å². The molecule has 7 nitrogen and oxygen atoms in total. The number of carboxylic acids is 1. The third-order valence-electron chi connectivity index (χ3n) is 2.31. The number of aliphatic carboxylic acids is 1. The van der Waals surface area contributed by atoms with Crippen LogP contribution in [0.2, 0.25) is 0 Å². The first kappa shape index (κ1) is 14.9. The van der Waals surface area contributed by atoms with Crippen LogP contribution in [0.4, 0.5) is 14.5 Å². The lowest BCUT2D eigenvalue weighted by molar-refractivity contribution is -0.389. The molecule has 104 valence electrons. The second kappa shape index (κ2) is 5.67. The molecule has 0 aliphatic rings. The third kappa shape index (κ3) is 3.42. The maximum Gasteiger partial charge on any atom is 0.310 e. The molecule has 0 aliphatic heterocycles. The van der Waals surface area contributed by atoms with Crippen LogP contribution in [-0.2, 0) is 4.79 Å². The van der Waals surface area contributed by atoms with Crippen LogP contribution < -0.4 is 0 Å². The maximum absolute atomic E-state index is 13.3. The number of hydrogen-bond donors (Lipinski definition) is 3. The molecule has 0 bridgehead atoms. The predicted molar refractivity (Wildman–Crippen MR) is 56.2 cm³/mol. The van der Waals surface area contributed by atoms with Crippen molar-refractivity contribution in [1.29, 1.82) is 0 Å². The summed E-state index contributed by atoms with van der Waals surface area (Å²) in [5.74, 6) is -4.20. The highest BCUT2D eigenvalue weighted by molar-refractivity contribution is 5.67. The van der Waals surface area contributed by atoms with E-state index in [4.69, 9.17) is 5.11 Å². The van der Waals surface area contributed by atoms with Crippen LogP contribution in [0.1, 0.15) is 18.1 Å². The van der Waals surface area contributed by atoms with Gasteiger partial charge in [-0.1, -0.05) is 0 Å². The minimum Gasteiger partial charge on any atom is -0.481 e. The van der Waals surface area contributed by atoms with Crippen molar-refractivity contribution >= 4 is 11.7 Å². The molecule has 2 atom stereocenters. The zero-order valence-electron chi connectivity index (χ0n) is 9.29. The number of nitro benzene ring substituents is 1. The van der Waals surface area contributed by atoms with Crippen molar-refractivity contribution in [3.8, 4) is 0 Å². The summed E-state index contributed by atoms with van der Waals surface area (Å²) in [6, 6.07) is 0.717. The number of nitro groups is 1. The van der Waals surface area contributed by atoms with Crippen LogP contribution in [0.25, 0.3) is 0 Å². The normalized spacial score (nSPS) is 13.9. The second-order valence-corrected chi connectivity index (χ2v) is 3.69. The Morgan fingerprint density at radius 1 is 1.37 bits per heavy atom. The first-order chi connectivity index (χ1) is 8.73. The Labute approximate surface area is 104 Å². The summed E-state index contributed by atoms with van der Waals surface area (Å²) in [6.45, 7) is 0. The van der Waals surface area contributed by atoms with E-state index >= 15 is 0 Å². The first-order valence-electron chi connectivity index (χ1n) is 4.95. The summed E-state index contributed by atoms with van der Waals surface area (Å²) in [4.78, 5) is 19.8. The minimum atomic E-state index is -2.10. The Kier molecular flexibility index (Phi) is 4.46. The van der Waals surface area contributed by atoms with Crippen LogP contribution in [0.3, 0.4) is 0 Å². The summed E-state index contributed by atoms with van der Waals surface area (Å²) < 4.78 is 26.2. The van der Waals surface area contributed by atoms with Gasteiger partial charge in [0.25, 0.3) is 0 Å². The molecule has 0 radical (unpaired) electrons. The summed E-state index contributed by atoms with van der Waals surface area (Å²) in [7, 11) is 0. The van der Waals surface area contributed by atoms with Gasteiger partial charge in [-0.05, 0) is 6.07 Å². The SMILES string of the molecule is O=C(O)CC(O)C(O)c1cc(F)cc(F)c1[N+](=O)[O-]. The Bertz CT molecular complexity index is 521. The topological polar surface area (TPSA) is 121 Å². The molecule has 2 unspecified atom stereocenters. The van der Waals surface area contributed by atoms with Gasteiger partial charge in [-0.25, -0.2) is 4.39 Å². The van der Waals surface area contributed by atoms with Crippen molar-refractivity contribution in [3.63, 3.8) is 0 Å². The lowest BCUT2D eigenvalue weighted by atomic mass is 10.00. The molecule has 0 fully saturated rings. The molecular formula is C10H9F2NO6. The maximum atomic E-state index is 13.3. The van der Waals surface area contributed by atoms with Crippen LogP contribution in [0.15, 0.2) is 12.1 Å². The minimum absolute atomic E-state index is 0.248. The summed E-state index contributed by atoms with van der Waals surface area (Å²) in [5.41, 5.74) is -2.03. The number of hydrogen-bond acceptors (Lipinski definition) is 5. The second-order valence-electron chi connectivity index (χ2n) is 3.69. The van der Waals surface area contributed by atoms with Gasteiger partial charge in [0.1, 0.15) is 11.9 Å². The molecule has 0 saturated heterocycles. The van der Waals surface area contributed by atoms with E-state index in [2.05, 4.69) is 0 Å². The first-order valence-corrected chi connectivity index (χ1v) is 4.95. The van der Waals surface area contributed by atoms with Gasteiger partial charge in [0, 0.05) is 6.07 Å². The number of carboxylic acid groups (broad SMARTS) is 1. The predicted octanol–water partition coefficient (Wildman–Crippen LogP) is 0.742. The number of rotatable bonds is 5. The van der Waals surface area contributed by atoms with E-state index in [1.165, 1.54) is 0 Å². The molecule has 0 aromatic heterocycles. The highest BCUT2D eigenvalue weighted by Crippen LogP contribution is 2.31. The van der Waals surface area contributed by atoms with Gasteiger partial charge in [0.05, 0.1) is 23.0 Å². The zero-order valence-corrected chi connectivity index (χ0v) is 9.29. The largest absolute Gasteiger partial charge is 0.481 e. The fourth-order valence-electron chi connectivity index (χ4n) is 1.50. The third-order valence-corrected chi connectivity index (χ3v) is 2.31. The number of benzene rings is 1. The van der Waals surface area contributed by atoms with Gasteiger partial charge in [0.15, 0.2) is 0 Å². The van der Waals surface area contributed by atoms with E-state index in [-0.39, 0.29) is 6.07 Å². The van der Waals surface area contributed by atoms with Crippen molar-refractivity contribution in [3.05, 3.63) is 39.4 Å². The fourth-order valence-corrected chi connectivity index (χ4v) is 1.50. The van der Waals surface area contributed by atoms with Crippen molar-refractivity contribution in [2.24, 2.45) is 0 Å². The van der Waals surface area contributed by atoms with Crippen molar-refractivity contribution in [2.45, 2.75) is 18.6 Å². The Balaban J connectivity index is 3.24. The molecule has 1 aromatic carbocycles. The quantitative estimate of drug-likeness (QED) is 0.539. The van der Waals surface area contributed by atoms with E-state index in [0.717, 1.165) is 0 Å². The summed E-state index contributed by atoms with van der Waals surface area (Å²) in [6.07, 6.45) is -4.96. The number of aliphatic hydroxyl groups excluding tert-OH is 2. The Morgan fingerprint density at radius 3 is 2.42 bits per heavy atom. The Morgan fingerprint density at radius 2 is 1.95 bits per heavy atom. The van der Waals surface area contributed by atoms with E-state index < -0.39 is 52.4 Å². The van der Waals surface area contributed by atoms with Gasteiger partial charge >= 0.3 is 11.7 Å². The Hall–Kier alpha value is -2.13. The lowest BCUT2D eigenvalue weighted by Gasteiger charge is -2.16. The molecule has 0 aliphatic carbocycles. The number of nitrogens with zero attached hydrogens (tertiary/aromatic N) is 1. The molecule has 9 heteroatoms. The number of halogens is 2. The van der Waals surface area contributed by atoms with Crippen LogP contribution >= 0.6 is 0 Å². The van der Waals surface area contributed by atoms with E-state index in [1.54, 1.807) is 0 Å². The highest BCUT2D eigenvalue weighted by Gasteiger charge is 2.31. The monoisotopic (exact) mass is 277 g/mol. The van der Waals surface area contributed by atoms with Crippen molar-refractivity contribution in [2.75, 3.05) is 0 Å². The van der Waals surface area contributed by atoms with Gasteiger partial charge < -0.3 is 15.3 Å². The molecule has 1 aromatic rings. The molecular weight excluding hydrogens is 268 g/mol. The fraction of sp³-hybridized carbons (Fsp3) is 0.300. The van der Waals surface area contributed by atoms with E-state index in [9.17, 15) is 33.9 Å². The molecule has 3 N–H and O–H groups in total. The molecule has 0 spiro atoms. The van der Waals surface area contributed by atoms with Crippen LogP contribution in [0, 0.1) is 21.7 Å². The average molecular weight is 277 g/mol. The molecule has 0 amide bonds. The molecule has 19 heavy (non-hydrogen) atoms. The van der Waals surface area contributed by atoms with Gasteiger partial charge in [-0.3, -0.25) is 14.9 Å². The van der Waals surface area contributed by atoms with Crippen LogP contribution in [-0.4, -0.2) is 32.3 Å². The van der Waals surface area contributed by atoms with Crippen molar-refractivity contribution < 1.29 is 33.8 Å². The van der Waals surface area contributed by atoms with Gasteiger partial charge in [0.2, 0.25) is 5.82 Å². The lowest BCUT2D eigenvalue weighted by Crippen LogP contribution is -2.23. The molecule has 0 saturated carbocycles. The van der Waals surface area contributed by atoms with E-state index in [1.807, 2.05) is 0 Å². The van der Waals surface area contributed by atoms with Gasteiger partial charge in [-0.2, -0.15) is 4.39 Å². The number of aliphatic hydroxyl groups is 2. The standard InChI is InChI=1S/C10H9F2NO6/c11-4-1-5(9(13(18)19)6(12)2-4)10(17)7(14)3-8(15)16/h1-2,7,10,14,17H,3H2,(H,15,16). The molecule has 1 rings (SSSR count). The van der Waals surface area contributed by atoms with Crippen LogP contribution in [0.5, 0.6) is 0 Å². The van der Waals surface area contributed by atoms with Gasteiger partial charge in [-0.15, -0.1) is 0 Å². The average Bonchev–Trinajstić information content (AvgIpc) is 2.25. The summed E-state index contributed by atoms with van der Waals surface area (Å²) >= 11 is 0. The smallest absolute Gasteiger partial charge is 0.310 e. The van der Waals surface area contributed by atoms with E-state index in [0.29, 0.717) is 6.07 Å². The summed E-state index contributed by atoms with van der Waals surface area (Å²) in [5, 5.41) is 37.9. The molecule has 0 heterocycles. The highest BCUT2D eigenvalue weighted by atomic mass is 19.1. The number of carbonyl (C=O) groups is 1.